The Bertz CT molecular complexity index is 856. The first kappa shape index (κ1) is 23.8. The van der Waals surface area contributed by atoms with E-state index >= 15 is 0 Å². The minimum atomic E-state index is -0.0229. The first-order chi connectivity index (χ1) is 12.8. The van der Waals surface area contributed by atoms with E-state index in [1.54, 1.807) is 0 Å². The molecule has 0 aliphatic rings. The molecule has 1 heterocycles. The van der Waals surface area contributed by atoms with Gasteiger partial charge in [-0.2, -0.15) is 0 Å². The van der Waals surface area contributed by atoms with Crippen LogP contribution in [0.15, 0.2) is 54.6 Å². The predicted molar refractivity (Wildman–Crippen MR) is 117 cm³/mol. The number of nitrogens with one attached hydrogen (secondary N) is 2. The first-order valence-electron chi connectivity index (χ1n) is 8.81. The Hall–Kier alpha value is -2.28. The number of ether oxygens (including phenoxy) is 1. The Morgan fingerprint density at radius 2 is 1.75 bits per heavy atom. The maximum atomic E-state index is 12.3. The summed E-state index contributed by atoms with van der Waals surface area (Å²) >= 11 is 0. The third kappa shape index (κ3) is 6.41. The fourth-order valence-electron chi connectivity index (χ4n) is 2.77. The SMILES string of the molecule is CNCCCNC(=O)Cn1c(COc2ccccc2)nc2ccccc21.Cl.Cl. The lowest BCUT2D eigenvalue weighted by Gasteiger charge is -2.11. The highest BCUT2D eigenvalue weighted by Gasteiger charge is 2.14. The number of amides is 1. The van der Waals surface area contributed by atoms with Crippen LogP contribution in [-0.2, 0) is 17.9 Å². The third-order valence-corrected chi connectivity index (χ3v) is 4.07. The number of aromatic nitrogens is 2. The lowest BCUT2D eigenvalue weighted by Crippen LogP contribution is -2.30. The Labute approximate surface area is 177 Å². The second-order valence-electron chi connectivity index (χ2n) is 6.01. The summed E-state index contributed by atoms with van der Waals surface area (Å²) in [5, 5.41) is 6.02. The lowest BCUT2D eigenvalue weighted by atomic mass is 10.3. The third-order valence-electron chi connectivity index (χ3n) is 4.07. The standard InChI is InChI=1S/C20H24N4O2.2ClH/c1-21-12-7-13-22-20(25)14-24-18-11-6-5-10-17(18)23-19(24)15-26-16-8-3-2-4-9-16;;/h2-6,8-11,21H,7,12-15H2,1H3,(H,22,25);2*1H. The van der Waals surface area contributed by atoms with Gasteiger partial charge >= 0.3 is 0 Å². The van der Waals surface area contributed by atoms with Crippen LogP contribution in [0.25, 0.3) is 11.0 Å². The Balaban J connectivity index is 0.00000196. The quantitative estimate of drug-likeness (QED) is 0.517. The lowest BCUT2D eigenvalue weighted by molar-refractivity contribution is -0.121. The zero-order valence-electron chi connectivity index (χ0n) is 15.8. The summed E-state index contributed by atoms with van der Waals surface area (Å²) in [5.41, 5.74) is 1.80. The molecule has 0 saturated heterocycles. The van der Waals surface area contributed by atoms with Gasteiger partial charge in [0.15, 0.2) is 0 Å². The van der Waals surface area contributed by atoms with Gasteiger partial charge in [-0.1, -0.05) is 30.3 Å². The topological polar surface area (TPSA) is 68.2 Å². The number of fused-ring (bicyclic) bond motifs is 1. The molecule has 2 N–H and O–H groups in total. The fraction of sp³-hybridized carbons (Fsp3) is 0.300. The smallest absolute Gasteiger partial charge is 0.240 e. The molecular formula is C20H26Cl2N4O2. The summed E-state index contributed by atoms with van der Waals surface area (Å²) in [5.74, 6) is 1.49. The number of imidazole rings is 1. The predicted octanol–water partition coefficient (Wildman–Crippen LogP) is 3.18. The second kappa shape index (κ2) is 12.2. The van der Waals surface area contributed by atoms with Crippen LogP contribution in [0.5, 0.6) is 5.75 Å². The van der Waals surface area contributed by atoms with Crippen LogP contribution in [0.3, 0.4) is 0 Å². The highest BCUT2D eigenvalue weighted by molar-refractivity contribution is 5.85. The van der Waals surface area contributed by atoms with Gasteiger partial charge in [0.05, 0.1) is 11.0 Å². The molecule has 0 aliphatic heterocycles. The molecule has 2 aromatic carbocycles. The summed E-state index contributed by atoms with van der Waals surface area (Å²) < 4.78 is 7.76. The van der Waals surface area contributed by atoms with Gasteiger partial charge < -0.3 is 19.9 Å². The Kier molecular flexibility index (Phi) is 10.4. The molecule has 0 bridgehead atoms. The van der Waals surface area contributed by atoms with Crippen LogP contribution < -0.4 is 15.4 Å². The van der Waals surface area contributed by atoms with E-state index in [1.165, 1.54) is 0 Å². The van der Waals surface area contributed by atoms with E-state index in [-0.39, 0.29) is 37.3 Å². The number of para-hydroxylation sites is 3. The van der Waals surface area contributed by atoms with Crippen LogP contribution in [0, 0.1) is 0 Å². The van der Waals surface area contributed by atoms with Crippen molar-refractivity contribution in [1.29, 1.82) is 0 Å². The number of halogens is 2. The number of rotatable bonds is 9. The monoisotopic (exact) mass is 424 g/mol. The molecule has 0 unspecified atom stereocenters. The number of nitrogens with zero attached hydrogens (tertiary/aromatic N) is 2. The summed E-state index contributed by atoms with van der Waals surface area (Å²) in [6.07, 6.45) is 0.900. The Morgan fingerprint density at radius 1 is 1.04 bits per heavy atom. The number of carbonyl (C=O) groups excluding carboxylic acids is 1. The van der Waals surface area contributed by atoms with Gasteiger partial charge in [-0.3, -0.25) is 4.79 Å². The molecular weight excluding hydrogens is 399 g/mol. The first-order valence-corrected chi connectivity index (χ1v) is 8.81. The highest BCUT2D eigenvalue weighted by atomic mass is 35.5. The molecule has 8 heteroatoms. The Morgan fingerprint density at radius 3 is 2.50 bits per heavy atom. The minimum absolute atomic E-state index is 0. The van der Waals surface area contributed by atoms with Crippen LogP contribution >= 0.6 is 24.8 Å². The number of carbonyl (C=O) groups is 1. The van der Waals surface area contributed by atoms with E-state index in [0.29, 0.717) is 13.2 Å². The van der Waals surface area contributed by atoms with Gasteiger partial charge in [0.1, 0.15) is 24.7 Å². The molecule has 0 fully saturated rings. The molecule has 1 amide bonds. The van der Waals surface area contributed by atoms with Crippen molar-refractivity contribution in [1.82, 2.24) is 20.2 Å². The number of hydrogen-bond donors (Lipinski definition) is 2. The molecule has 3 aromatic rings. The van der Waals surface area contributed by atoms with Crippen molar-refractivity contribution in [2.45, 2.75) is 19.6 Å². The van der Waals surface area contributed by atoms with E-state index < -0.39 is 0 Å². The normalized spacial score (nSPS) is 10.0. The van der Waals surface area contributed by atoms with E-state index in [9.17, 15) is 4.79 Å². The largest absolute Gasteiger partial charge is 0.486 e. The van der Waals surface area contributed by atoms with Gasteiger partial charge in [0.25, 0.3) is 0 Å². The van der Waals surface area contributed by atoms with E-state index in [0.717, 1.165) is 35.6 Å². The molecule has 0 atom stereocenters. The van der Waals surface area contributed by atoms with Gasteiger partial charge in [-0.25, -0.2) is 4.98 Å². The molecule has 28 heavy (non-hydrogen) atoms. The molecule has 0 radical (unpaired) electrons. The summed E-state index contributed by atoms with van der Waals surface area (Å²) in [4.78, 5) is 17.0. The fourth-order valence-corrected chi connectivity index (χ4v) is 2.77. The molecule has 0 spiro atoms. The summed E-state index contributed by atoms with van der Waals surface area (Å²) in [6.45, 7) is 2.08. The van der Waals surface area contributed by atoms with Crippen molar-refractivity contribution < 1.29 is 9.53 Å². The average Bonchev–Trinajstić information content (AvgIpc) is 3.02. The van der Waals surface area contributed by atoms with E-state index in [1.807, 2.05) is 66.2 Å². The van der Waals surface area contributed by atoms with Gasteiger partial charge in [0.2, 0.25) is 5.91 Å². The van der Waals surface area contributed by atoms with E-state index in [2.05, 4.69) is 15.6 Å². The van der Waals surface area contributed by atoms with Crippen LogP contribution in [-0.4, -0.2) is 35.6 Å². The number of hydrogen-bond acceptors (Lipinski definition) is 4. The van der Waals surface area contributed by atoms with E-state index in [4.69, 9.17) is 4.74 Å². The molecule has 3 rings (SSSR count). The van der Waals surface area contributed by atoms with Crippen molar-refractivity contribution >= 4 is 41.8 Å². The van der Waals surface area contributed by atoms with Crippen molar-refractivity contribution in [3.05, 3.63) is 60.4 Å². The van der Waals surface area contributed by atoms with Crippen molar-refractivity contribution in [2.75, 3.05) is 20.1 Å². The summed E-state index contributed by atoms with van der Waals surface area (Å²) in [7, 11) is 1.90. The van der Waals surface area contributed by atoms with Gasteiger partial charge in [0, 0.05) is 6.54 Å². The second-order valence-corrected chi connectivity index (χ2v) is 6.01. The summed E-state index contributed by atoms with van der Waals surface area (Å²) in [6, 6.07) is 17.4. The maximum Gasteiger partial charge on any atom is 0.240 e. The molecule has 0 saturated carbocycles. The van der Waals surface area contributed by atoms with Crippen molar-refractivity contribution in [3.63, 3.8) is 0 Å². The molecule has 152 valence electrons. The molecule has 1 aromatic heterocycles. The van der Waals surface area contributed by atoms with Crippen LogP contribution in [0.1, 0.15) is 12.2 Å². The highest BCUT2D eigenvalue weighted by Crippen LogP contribution is 2.18. The van der Waals surface area contributed by atoms with Crippen molar-refractivity contribution in [2.24, 2.45) is 0 Å². The average molecular weight is 425 g/mol. The zero-order valence-corrected chi connectivity index (χ0v) is 17.4. The van der Waals surface area contributed by atoms with Gasteiger partial charge in [-0.05, 0) is 44.3 Å². The minimum Gasteiger partial charge on any atom is -0.486 e. The maximum absolute atomic E-state index is 12.3. The number of benzene rings is 2. The van der Waals surface area contributed by atoms with Gasteiger partial charge in [-0.15, -0.1) is 24.8 Å². The zero-order chi connectivity index (χ0) is 18.2. The molecule has 6 nitrogen and oxygen atoms in total. The van der Waals surface area contributed by atoms with Crippen LogP contribution in [0.2, 0.25) is 0 Å². The van der Waals surface area contributed by atoms with Crippen LogP contribution in [0.4, 0.5) is 0 Å². The van der Waals surface area contributed by atoms with Crippen molar-refractivity contribution in [3.8, 4) is 5.75 Å². The molecule has 0 aliphatic carbocycles.